The van der Waals surface area contributed by atoms with Crippen LogP contribution in [0.1, 0.15) is 17.8 Å². The quantitative estimate of drug-likeness (QED) is 0.343. The first-order chi connectivity index (χ1) is 14.5. The fourth-order valence-corrected chi connectivity index (χ4v) is 3.17. The van der Waals surface area contributed by atoms with Crippen LogP contribution in [0.3, 0.4) is 0 Å². The fourth-order valence-electron chi connectivity index (χ4n) is 3.17. The average Bonchev–Trinajstić information content (AvgIpc) is 3.07. The van der Waals surface area contributed by atoms with Crippen molar-refractivity contribution in [2.24, 2.45) is 4.99 Å². The number of likely N-dealkylation sites (N-methyl/N-ethyl adjacent to an activating group) is 1. The van der Waals surface area contributed by atoms with Crippen molar-refractivity contribution in [2.45, 2.75) is 26.4 Å². The van der Waals surface area contributed by atoms with E-state index in [1.807, 2.05) is 55.5 Å². The summed E-state index contributed by atoms with van der Waals surface area (Å²) in [5.74, 6) is 1.66. The Labute approximate surface area is 177 Å². The third-order valence-electron chi connectivity index (χ3n) is 4.86. The molecule has 1 aromatic heterocycles. The normalized spacial score (nSPS) is 11.5. The summed E-state index contributed by atoms with van der Waals surface area (Å²) < 4.78 is 2.24. The Kier molecular flexibility index (Phi) is 7.43. The molecule has 0 aliphatic rings. The third-order valence-corrected chi connectivity index (χ3v) is 4.86. The van der Waals surface area contributed by atoms with Crippen LogP contribution in [0.15, 0.2) is 59.6 Å². The van der Waals surface area contributed by atoms with Gasteiger partial charge in [0.1, 0.15) is 5.82 Å². The van der Waals surface area contributed by atoms with Gasteiger partial charge in [0.2, 0.25) is 5.91 Å². The van der Waals surface area contributed by atoms with Crippen LogP contribution in [0.4, 0.5) is 0 Å². The number of hydrogen-bond donors (Lipinski definition) is 2. The first-order valence-electron chi connectivity index (χ1n) is 10.2. The average molecular weight is 407 g/mol. The number of carbonyl (C=O) groups excluding carboxylic acids is 1. The second-order valence-electron chi connectivity index (χ2n) is 7.37. The maximum absolute atomic E-state index is 11.9. The lowest BCUT2D eigenvalue weighted by molar-refractivity contribution is -0.127. The number of benzene rings is 2. The molecule has 2 N–H and O–H groups in total. The van der Waals surface area contributed by atoms with Crippen LogP contribution in [-0.4, -0.2) is 53.5 Å². The van der Waals surface area contributed by atoms with Gasteiger partial charge in [-0.1, -0.05) is 42.5 Å². The molecular weight excluding hydrogens is 376 g/mol. The lowest BCUT2D eigenvalue weighted by Crippen LogP contribution is -2.43. The van der Waals surface area contributed by atoms with E-state index in [-0.39, 0.29) is 12.5 Å². The summed E-state index contributed by atoms with van der Waals surface area (Å²) in [6.45, 7) is 4.40. The number of aryl methyl sites for hydroxylation is 2. The van der Waals surface area contributed by atoms with Crippen LogP contribution in [0.25, 0.3) is 11.0 Å². The molecule has 0 fully saturated rings. The van der Waals surface area contributed by atoms with Crippen LogP contribution < -0.4 is 10.6 Å². The van der Waals surface area contributed by atoms with Crippen LogP contribution >= 0.6 is 0 Å². The van der Waals surface area contributed by atoms with Gasteiger partial charge in [-0.2, -0.15) is 0 Å². The molecule has 3 aromatic rings. The highest BCUT2D eigenvalue weighted by Crippen LogP contribution is 2.15. The molecule has 0 spiro atoms. The van der Waals surface area contributed by atoms with Crippen molar-refractivity contribution >= 4 is 22.9 Å². The van der Waals surface area contributed by atoms with Gasteiger partial charge in [-0.25, -0.2) is 9.98 Å². The number of nitrogens with one attached hydrogen (secondary N) is 2. The summed E-state index contributed by atoms with van der Waals surface area (Å²) in [4.78, 5) is 22.8. The van der Waals surface area contributed by atoms with Gasteiger partial charge in [0.25, 0.3) is 0 Å². The van der Waals surface area contributed by atoms with Gasteiger partial charge in [-0.3, -0.25) is 4.79 Å². The van der Waals surface area contributed by atoms with Crippen molar-refractivity contribution in [2.75, 3.05) is 27.2 Å². The monoisotopic (exact) mass is 406 g/mol. The molecule has 30 heavy (non-hydrogen) atoms. The van der Waals surface area contributed by atoms with Crippen molar-refractivity contribution in [1.82, 2.24) is 25.1 Å². The smallest absolute Gasteiger partial charge is 0.241 e. The standard InChI is InChI=1S/C23H30N6O/c1-18-27-20-12-7-8-13-21(20)29(18)15-9-14-24-23(26-17-22(30)28(2)3)25-16-19-10-5-4-6-11-19/h4-8,10-13H,9,14-17H2,1-3H3,(H2,24,25,26). The zero-order valence-corrected chi connectivity index (χ0v) is 17.9. The van der Waals surface area contributed by atoms with Gasteiger partial charge in [-0.15, -0.1) is 0 Å². The van der Waals surface area contributed by atoms with Gasteiger partial charge >= 0.3 is 0 Å². The number of rotatable bonds is 8. The number of guanidine groups is 1. The van der Waals surface area contributed by atoms with E-state index >= 15 is 0 Å². The maximum atomic E-state index is 11.9. The number of fused-ring (bicyclic) bond motifs is 1. The van der Waals surface area contributed by atoms with Crippen molar-refractivity contribution < 1.29 is 4.79 Å². The zero-order valence-electron chi connectivity index (χ0n) is 17.9. The molecular formula is C23H30N6O. The Hall–Kier alpha value is -3.35. The van der Waals surface area contributed by atoms with Crippen LogP contribution in [0.2, 0.25) is 0 Å². The molecule has 0 saturated heterocycles. The van der Waals surface area contributed by atoms with E-state index < -0.39 is 0 Å². The van der Waals surface area contributed by atoms with Crippen LogP contribution in [-0.2, 0) is 17.9 Å². The maximum Gasteiger partial charge on any atom is 0.241 e. The Morgan fingerprint density at radius 2 is 1.80 bits per heavy atom. The Morgan fingerprint density at radius 1 is 1.07 bits per heavy atom. The van der Waals surface area contributed by atoms with Crippen LogP contribution in [0, 0.1) is 6.92 Å². The first kappa shape index (κ1) is 21.4. The Bertz CT molecular complexity index is 993. The Balaban J connectivity index is 1.58. The number of aliphatic imine (C=N–C) groups is 1. The van der Waals surface area contributed by atoms with Crippen molar-refractivity contribution in [3.63, 3.8) is 0 Å². The van der Waals surface area contributed by atoms with Crippen molar-refractivity contribution in [3.05, 3.63) is 66.0 Å². The molecule has 2 aromatic carbocycles. The van der Waals surface area contributed by atoms with Crippen LogP contribution in [0.5, 0.6) is 0 Å². The molecule has 1 heterocycles. The summed E-state index contributed by atoms with van der Waals surface area (Å²) in [6.07, 6.45) is 0.912. The summed E-state index contributed by atoms with van der Waals surface area (Å²) >= 11 is 0. The van der Waals surface area contributed by atoms with Crippen molar-refractivity contribution in [3.8, 4) is 0 Å². The SMILES string of the molecule is Cc1nc2ccccc2n1CCCNC(=NCc1ccccc1)NCC(=O)N(C)C. The number of carbonyl (C=O) groups is 1. The predicted molar refractivity (Wildman–Crippen MR) is 121 cm³/mol. The summed E-state index contributed by atoms with van der Waals surface area (Å²) in [7, 11) is 3.49. The molecule has 0 saturated carbocycles. The number of aromatic nitrogens is 2. The van der Waals surface area contributed by atoms with E-state index in [1.54, 1.807) is 19.0 Å². The molecule has 0 aliphatic heterocycles. The fraction of sp³-hybridized carbons (Fsp3) is 0.348. The zero-order chi connectivity index (χ0) is 21.3. The van der Waals surface area contributed by atoms with E-state index in [9.17, 15) is 4.79 Å². The van der Waals surface area contributed by atoms with Crippen molar-refractivity contribution in [1.29, 1.82) is 0 Å². The molecule has 0 atom stereocenters. The molecule has 1 amide bonds. The van der Waals surface area contributed by atoms with E-state index in [0.29, 0.717) is 12.5 Å². The minimum absolute atomic E-state index is 0.00437. The predicted octanol–water partition coefficient (Wildman–Crippen LogP) is 2.56. The highest BCUT2D eigenvalue weighted by atomic mass is 16.2. The van der Waals surface area contributed by atoms with Gasteiger partial charge in [0.15, 0.2) is 5.96 Å². The number of para-hydroxylation sites is 2. The lowest BCUT2D eigenvalue weighted by Gasteiger charge is -2.15. The minimum Gasteiger partial charge on any atom is -0.356 e. The third kappa shape index (κ3) is 5.83. The molecule has 3 rings (SSSR count). The highest BCUT2D eigenvalue weighted by Gasteiger charge is 2.08. The highest BCUT2D eigenvalue weighted by molar-refractivity contribution is 5.86. The van der Waals surface area contributed by atoms with E-state index in [2.05, 4.69) is 31.2 Å². The second kappa shape index (κ2) is 10.4. The number of imidazole rings is 1. The van der Waals surface area contributed by atoms with Gasteiger partial charge in [0, 0.05) is 27.2 Å². The Morgan fingerprint density at radius 3 is 2.57 bits per heavy atom. The second-order valence-corrected chi connectivity index (χ2v) is 7.37. The summed E-state index contributed by atoms with van der Waals surface area (Å²) in [6, 6.07) is 18.3. The molecule has 7 heteroatoms. The van der Waals surface area contributed by atoms with Gasteiger partial charge in [0.05, 0.1) is 24.1 Å². The van der Waals surface area contributed by atoms with E-state index in [1.165, 1.54) is 0 Å². The number of hydrogen-bond acceptors (Lipinski definition) is 3. The van der Waals surface area contributed by atoms with E-state index in [0.717, 1.165) is 41.9 Å². The lowest BCUT2D eigenvalue weighted by atomic mass is 10.2. The largest absolute Gasteiger partial charge is 0.356 e. The van der Waals surface area contributed by atoms with Gasteiger partial charge < -0.3 is 20.1 Å². The van der Waals surface area contributed by atoms with E-state index in [4.69, 9.17) is 0 Å². The number of nitrogens with zero attached hydrogens (tertiary/aromatic N) is 4. The first-order valence-corrected chi connectivity index (χ1v) is 10.2. The topological polar surface area (TPSA) is 74.5 Å². The molecule has 0 bridgehead atoms. The molecule has 7 nitrogen and oxygen atoms in total. The minimum atomic E-state index is 0.00437. The molecule has 0 radical (unpaired) electrons. The van der Waals surface area contributed by atoms with Gasteiger partial charge in [-0.05, 0) is 31.0 Å². The molecule has 0 aliphatic carbocycles. The summed E-state index contributed by atoms with van der Waals surface area (Å²) in [5, 5.41) is 6.48. The molecule has 158 valence electrons. The number of amides is 1. The molecule has 0 unspecified atom stereocenters. The summed E-state index contributed by atoms with van der Waals surface area (Å²) in [5.41, 5.74) is 3.30.